The van der Waals surface area contributed by atoms with Crippen molar-refractivity contribution in [2.24, 2.45) is 0 Å². The Morgan fingerprint density at radius 1 is 1.42 bits per heavy atom. The minimum absolute atomic E-state index is 0.296. The molecular formula is C11H10F2N2O4. The second kappa shape index (κ2) is 4.88. The summed E-state index contributed by atoms with van der Waals surface area (Å²) < 4.78 is 27.1. The Kier molecular flexibility index (Phi) is 3.43. The monoisotopic (exact) mass is 272 g/mol. The zero-order valence-corrected chi connectivity index (χ0v) is 9.60. The van der Waals surface area contributed by atoms with E-state index in [-0.39, 0.29) is 6.04 Å². The molecule has 1 aliphatic carbocycles. The van der Waals surface area contributed by atoms with Gasteiger partial charge in [0.1, 0.15) is 11.4 Å². The lowest BCUT2D eigenvalue weighted by atomic mass is 9.89. The zero-order chi connectivity index (χ0) is 14.2. The van der Waals surface area contributed by atoms with Crippen LogP contribution in [-0.2, 0) is 0 Å². The van der Waals surface area contributed by atoms with Crippen LogP contribution in [0.4, 0.5) is 14.5 Å². The smallest absolute Gasteiger partial charge is 0.305 e. The Morgan fingerprint density at radius 2 is 2.05 bits per heavy atom. The predicted molar refractivity (Wildman–Crippen MR) is 59.5 cm³/mol. The molecule has 0 heterocycles. The number of hydrogen-bond donors (Lipinski definition) is 2. The Bertz CT molecular complexity index is 544. The van der Waals surface area contributed by atoms with Crippen LogP contribution in [0.3, 0.4) is 0 Å². The second-order valence-corrected chi connectivity index (χ2v) is 4.31. The van der Waals surface area contributed by atoms with Crippen molar-refractivity contribution in [2.45, 2.75) is 25.0 Å². The number of nitrogens with zero attached hydrogens (tertiary/aromatic N) is 1. The van der Waals surface area contributed by atoms with Gasteiger partial charge in [-0.15, -0.1) is 0 Å². The molecule has 1 aromatic rings. The van der Waals surface area contributed by atoms with Gasteiger partial charge in [0, 0.05) is 12.1 Å². The number of rotatable bonds is 3. The molecule has 0 aromatic heterocycles. The molecule has 0 unspecified atom stereocenters. The number of carbonyl (C=O) groups excluding carboxylic acids is 1. The fraction of sp³-hybridized carbons (Fsp3) is 0.364. The van der Waals surface area contributed by atoms with E-state index in [0.717, 1.165) is 0 Å². The van der Waals surface area contributed by atoms with Crippen molar-refractivity contribution in [1.82, 2.24) is 5.32 Å². The van der Waals surface area contributed by atoms with Crippen LogP contribution in [0.1, 0.15) is 23.2 Å². The average Bonchev–Trinajstić information content (AvgIpc) is 2.26. The van der Waals surface area contributed by atoms with Crippen molar-refractivity contribution < 1.29 is 23.6 Å². The molecule has 0 aliphatic heterocycles. The van der Waals surface area contributed by atoms with Crippen LogP contribution in [0.5, 0.6) is 0 Å². The van der Waals surface area contributed by atoms with Crippen LogP contribution in [0.2, 0.25) is 0 Å². The maximum absolute atomic E-state index is 13.7. The molecule has 1 saturated carbocycles. The SMILES string of the molecule is O=C(NC1CC(O)C1)c1c(F)ccc([N+](=O)[O-])c1F. The van der Waals surface area contributed by atoms with Gasteiger partial charge in [0.2, 0.25) is 5.82 Å². The fourth-order valence-electron chi connectivity index (χ4n) is 1.85. The normalized spacial score (nSPS) is 21.6. The van der Waals surface area contributed by atoms with Crippen LogP contribution < -0.4 is 5.32 Å². The first-order chi connectivity index (χ1) is 8.90. The Hall–Kier alpha value is -2.09. The summed E-state index contributed by atoms with van der Waals surface area (Å²) in [5, 5.41) is 21.9. The van der Waals surface area contributed by atoms with Crippen molar-refractivity contribution in [3.63, 3.8) is 0 Å². The highest BCUT2D eigenvalue weighted by Gasteiger charge is 2.32. The first-order valence-electron chi connectivity index (χ1n) is 5.51. The highest BCUT2D eigenvalue weighted by Crippen LogP contribution is 2.25. The Labute approximate surface area is 106 Å². The molecule has 8 heteroatoms. The fourth-order valence-corrected chi connectivity index (χ4v) is 1.85. The largest absolute Gasteiger partial charge is 0.393 e. The predicted octanol–water partition coefficient (Wildman–Crippen LogP) is 1.13. The second-order valence-electron chi connectivity index (χ2n) is 4.31. The van der Waals surface area contributed by atoms with Crippen molar-refractivity contribution in [1.29, 1.82) is 0 Å². The number of nitrogens with one attached hydrogen (secondary N) is 1. The van der Waals surface area contributed by atoms with E-state index >= 15 is 0 Å². The number of aliphatic hydroxyl groups excluding tert-OH is 1. The lowest BCUT2D eigenvalue weighted by molar-refractivity contribution is -0.387. The molecule has 19 heavy (non-hydrogen) atoms. The molecular weight excluding hydrogens is 262 g/mol. The van der Waals surface area contributed by atoms with Crippen molar-refractivity contribution in [3.05, 3.63) is 39.4 Å². The van der Waals surface area contributed by atoms with Crippen molar-refractivity contribution in [3.8, 4) is 0 Å². The molecule has 0 radical (unpaired) electrons. The number of nitro benzene ring substituents is 1. The molecule has 0 bridgehead atoms. The molecule has 2 rings (SSSR count). The number of nitro groups is 1. The van der Waals surface area contributed by atoms with E-state index in [4.69, 9.17) is 5.11 Å². The molecule has 1 amide bonds. The number of aliphatic hydroxyl groups is 1. The van der Waals surface area contributed by atoms with Gasteiger partial charge < -0.3 is 10.4 Å². The van der Waals surface area contributed by atoms with Gasteiger partial charge in [0.15, 0.2) is 0 Å². The maximum atomic E-state index is 13.7. The topological polar surface area (TPSA) is 92.5 Å². The van der Waals surface area contributed by atoms with E-state index in [9.17, 15) is 23.7 Å². The minimum atomic E-state index is -1.50. The van der Waals surface area contributed by atoms with E-state index < -0.39 is 39.8 Å². The van der Waals surface area contributed by atoms with Crippen molar-refractivity contribution >= 4 is 11.6 Å². The Balaban J connectivity index is 2.25. The quantitative estimate of drug-likeness (QED) is 0.637. The van der Waals surface area contributed by atoms with Gasteiger partial charge in [-0.25, -0.2) is 4.39 Å². The Morgan fingerprint density at radius 3 is 2.58 bits per heavy atom. The summed E-state index contributed by atoms with van der Waals surface area (Å²) in [5.41, 5.74) is -1.93. The van der Waals surface area contributed by atoms with Gasteiger partial charge in [0.25, 0.3) is 5.91 Å². The summed E-state index contributed by atoms with van der Waals surface area (Å²) in [5.74, 6) is -3.72. The summed E-state index contributed by atoms with van der Waals surface area (Å²) in [6.45, 7) is 0. The summed E-state index contributed by atoms with van der Waals surface area (Å²) in [4.78, 5) is 21.2. The first-order valence-corrected chi connectivity index (χ1v) is 5.51. The van der Waals surface area contributed by atoms with Gasteiger partial charge in [0.05, 0.1) is 11.0 Å². The average molecular weight is 272 g/mol. The van der Waals surface area contributed by atoms with E-state index in [1.165, 1.54) is 0 Å². The molecule has 1 aromatic carbocycles. The number of halogens is 2. The molecule has 1 fully saturated rings. The van der Waals surface area contributed by atoms with E-state index in [0.29, 0.717) is 25.0 Å². The maximum Gasteiger partial charge on any atom is 0.305 e. The number of carbonyl (C=O) groups is 1. The standard InChI is InChI=1S/C11H10F2N2O4/c12-7-1-2-8(15(18)19)10(13)9(7)11(17)14-5-3-6(16)4-5/h1-2,5-6,16H,3-4H2,(H,14,17). The van der Waals surface area contributed by atoms with Gasteiger partial charge in [-0.05, 0) is 18.9 Å². The molecule has 0 spiro atoms. The summed E-state index contributed by atoms with van der Waals surface area (Å²) in [7, 11) is 0. The van der Waals surface area contributed by atoms with Crippen molar-refractivity contribution in [2.75, 3.05) is 0 Å². The number of amides is 1. The lowest BCUT2D eigenvalue weighted by Crippen LogP contribution is -2.47. The van der Waals surface area contributed by atoms with Crippen LogP contribution in [0, 0.1) is 21.7 Å². The molecule has 0 atom stereocenters. The van der Waals surface area contributed by atoms with Crippen LogP contribution in [-0.4, -0.2) is 28.1 Å². The molecule has 0 saturated heterocycles. The molecule has 2 N–H and O–H groups in total. The number of hydrogen-bond acceptors (Lipinski definition) is 4. The van der Waals surface area contributed by atoms with Crippen LogP contribution in [0.15, 0.2) is 12.1 Å². The lowest BCUT2D eigenvalue weighted by Gasteiger charge is -2.31. The molecule has 102 valence electrons. The minimum Gasteiger partial charge on any atom is -0.393 e. The zero-order valence-electron chi connectivity index (χ0n) is 9.60. The van der Waals surface area contributed by atoms with E-state index in [1.807, 2.05) is 0 Å². The van der Waals surface area contributed by atoms with Crippen LogP contribution >= 0.6 is 0 Å². The van der Waals surface area contributed by atoms with E-state index in [2.05, 4.69) is 5.32 Å². The van der Waals surface area contributed by atoms with Gasteiger partial charge in [-0.1, -0.05) is 0 Å². The third-order valence-corrected chi connectivity index (χ3v) is 2.94. The van der Waals surface area contributed by atoms with E-state index in [1.54, 1.807) is 0 Å². The molecule has 6 nitrogen and oxygen atoms in total. The summed E-state index contributed by atoms with van der Waals surface area (Å²) in [6, 6.07) is 0.959. The van der Waals surface area contributed by atoms with Gasteiger partial charge in [-0.3, -0.25) is 14.9 Å². The highest BCUT2D eigenvalue weighted by molar-refractivity contribution is 5.95. The first kappa shape index (κ1) is 13.3. The number of benzene rings is 1. The molecule has 1 aliphatic rings. The summed E-state index contributed by atoms with van der Waals surface area (Å²) in [6.07, 6.45) is 0.0541. The summed E-state index contributed by atoms with van der Waals surface area (Å²) >= 11 is 0. The third-order valence-electron chi connectivity index (χ3n) is 2.94. The third kappa shape index (κ3) is 2.53. The van der Waals surface area contributed by atoms with Crippen LogP contribution in [0.25, 0.3) is 0 Å². The van der Waals surface area contributed by atoms with Gasteiger partial charge >= 0.3 is 5.69 Å². The highest BCUT2D eigenvalue weighted by atomic mass is 19.1. The van der Waals surface area contributed by atoms with Gasteiger partial charge in [-0.2, -0.15) is 4.39 Å².